The smallest absolute Gasteiger partial charge is 0.358 e. The van der Waals surface area contributed by atoms with E-state index >= 15 is 0 Å². The lowest BCUT2D eigenvalue weighted by Crippen LogP contribution is -2.36. The van der Waals surface area contributed by atoms with Crippen molar-refractivity contribution in [2.75, 3.05) is 0 Å². The number of rotatable bonds is 6. The first kappa shape index (κ1) is 16.0. The minimum Gasteiger partial charge on any atom is -0.358 e. The molecule has 0 spiro atoms. The summed E-state index contributed by atoms with van der Waals surface area (Å²) in [7, 11) is 0. The van der Waals surface area contributed by atoms with Gasteiger partial charge in [0.15, 0.2) is 5.78 Å². The first-order chi connectivity index (χ1) is 9.03. The fraction of sp³-hybridized carbons (Fsp3) is 0.556. The molecular formula is C9H8F5N3O3. The van der Waals surface area contributed by atoms with E-state index in [9.17, 15) is 36.9 Å². The summed E-state index contributed by atoms with van der Waals surface area (Å²) in [5.41, 5.74) is 0. The number of ketones is 1. The summed E-state index contributed by atoms with van der Waals surface area (Å²) in [6.45, 7) is -0.561. The quantitative estimate of drug-likeness (QED) is 0.459. The molecule has 0 aromatic carbocycles. The Balaban J connectivity index is 2.54. The van der Waals surface area contributed by atoms with Crippen molar-refractivity contribution in [3.8, 4) is 0 Å². The van der Waals surface area contributed by atoms with Crippen LogP contribution >= 0.6 is 0 Å². The van der Waals surface area contributed by atoms with Gasteiger partial charge in [0, 0.05) is 12.8 Å². The molecule has 11 heteroatoms. The molecule has 1 heterocycles. The fourth-order valence-electron chi connectivity index (χ4n) is 1.25. The van der Waals surface area contributed by atoms with E-state index in [4.69, 9.17) is 0 Å². The first-order valence-electron chi connectivity index (χ1n) is 5.15. The molecule has 0 amide bonds. The number of hydrogen-bond donors (Lipinski definition) is 0. The van der Waals surface area contributed by atoms with Gasteiger partial charge in [-0.25, -0.2) is 0 Å². The average molecular weight is 301 g/mol. The van der Waals surface area contributed by atoms with Gasteiger partial charge in [-0.2, -0.15) is 22.0 Å². The van der Waals surface area contributed by atoms with E-state index in [1.54, 1.807) is 0 Å². The Bertz CT molecular complexity index is 511. The molecular weight excluding hydrogens is 293 g/mol. The number of imidazole rings is 1. The summed E-state index contributed by atoms with van der Waals surface area (Å²) >= 11 is 0. The molecule has 0 fully saturated rings. The maximum Gasteiger partial charge on any atom is 0.453 e. The molecule has 20 heavy (non-hydrogen) atoms. The van der Waals surface area contributed by atoms with Crippen molar-refractivity contribution in [3.63, 3.8) is 0 Å². The van der Waals surface area contributed by atoms with Gasteiger partial charge in [-0.15, -0.1) is 0 Å². The summed E-state index contributed by atoms with van der Waals surface area (Å²) in [4.78, 5) is 24.0. The maximum absolute atomic E-state index is 12.6. The zero-order valence-corrected chi connectivity index (χ0v) is 9.73. The lowest BCUT2D eigenvalue weighted by atomic mass is 10.1. The van der Waals surface area contributed by atoms with Crippen molar-refractivity contribution in [1.82, 2.24) is 9.55 Å². The molecule has 0 N–H and O–H groups in total. The molecule has 0 unspecified atom stereocenters. The van der Waals surface area contributed by atoms with Crippen molar-refractivity contribution in [2.45, 2.75) is 31.5 Å². The number of alkyl halides is 5. The van der Waals surface area contributed by atoms with E-state index < -0.39 is 48.0 Å². The molecule has 0 aliphatic carbocycles. The van der Waals surface area contributed by atoms with Crippen LogP contribution in [0, 0.1) is 10.1 Å². The minimum atomic E-state index is -5.71. The van der Waals surface area contributed by atoms with Crippen molar-refractivity contribution < 1.29 is 31.7 Å². The first-order valence-corrected chi connectivity index (χ1v) is 5.15. The lowest BCUT2D eigenvalue weighted by Gasteiger charge is -2.18. The highest BCUT2D eigenvalue weighted by atomic mass is 19.4. The molecule has 0 bridgehead atoms. The van der Waals surface area contributed by atoms with E-state index in [0.717, 1.165) is 17.1 Å². The van der Waals surface area contributed by atoms with E-state index in [-0.39, 0.29) is 0 Å². The van der Waals surface area contributed by atoms with Gasteiger partial charge in [0.2, 0.25) is 6.33 Å². The summed E-state index contributed by atoms with van der Waals surface area (Å²) in [6, 6.07) is 0. The van der Waals surface area contributed by atoms with Crippen LogP contribution in [-0.2, 0) is 11.3 Å². The van der Waals surface area contributed by atoms with Gasteiger partial charge in [-0.05, 0) is 9.91 Å². The number of nitro groups is 1. The second kappa shape index (κ2) is 5.51. The fourth-order valence-corrected chi connectivity index (χ4v) is 1.25. The maximum atomic E-state index is 12.6. The van der Waals surface area contributed by atoms with E-state index in [0.29, 0.717) is 0 Å². The van der Waals surface area contributed by atoms with Gasteiger partial charge in [-0.3, -0.25) is 4.79 Å². The summed E-state index contributed by atoms with van der Waals surface area (Å²) in [6.07, 6.45) is -6.58. The molecule has 112 valence electrons. The van der Waals surface area contributed by atoms with Gasteiger partial charge < -0.3 is 14.7 Å². The number of hydrogen-bond acceptors (Lipinski definition) is 4. The third kappa shape index (κ3) is 3.96. The number of carbonyl (C=O) groups is 1. The van der Waals surface area contributed by atoms with Crippen LogP contribution in [0.5, 0.6) is 0 Å². The van der Waals surface area contributed by atoms with Crippen LogP contribution in [-0.4, -0.2) is 32.4 Å². The Labute approximate surface area is 108 Å². The van der Waals surface area contributed by atoms with E-state index in [2.05, 4.69) is 4.98 Å². The van der Waals surface area contributed by atoms with E-state index in [1.807, 2.05) is 0 Å². The number of halogens is 5. The normalized spacial score (nSPS) is 12.4. The summed E-state index contributed by atoms with van der Waals surface area (Å²) in [5.74, 6) is -6.41. The SMILES string of the molecule is O=C(CCC(F)(F)C(F)(F)F)Cn1cnc([N+](=O)[O-])c1. The zero-order valence-electron chi connectivity index (χ0n) is 9.73. The third-order valence-corrected chi connectivity index (χ3v) is 2.30. The van der Waals surface area contributed by atoms with Crippen molar-refractivity contribution in [2.24, 2.45) is 0 Å². The number of aromatic nitrogens is 2. The molecule has 6 nitrogen and oxygen atoms in total. The number of Topliss-reactive ketones (excluding diaryl/α,β-unsaturated/α-hetero) is 1. The molecule has 0 saturated heterocycles. The number of nitrogens with zero attached hydrogens (tertiary/aromatic N) is 3. The van der Waals surface area contributed by atoms with Crippen LogP contribution in [0.15, 0.2) is 12.5 Å². The van der Waals surface area contributed by atoms with Crippen LogP contribution in [0.1, 0.15) is 12.8 Å². The van der Waals surface area contributed by atoms with Crippen molar-refractivity contribution in [1.29, 1.82) is 0 Å². The average Bonchev–Trinajstić information content (AvgIpc) is 2.73. The Morgan fingerprint density at radius 2 is 1.95 bits per heavy atom. The number of carbonyl (C=O) groups excluding carboxylic acids is 1. The highest BCUT2D eigenvalue weighted by Gasteiger charge is 2.56. The highest BCUT2D eigenvalue weighted by molar-refractivity contribution is 5.78. The molecule has 0 aliphatic heterocycles. The predicted molar refractivity (Wildman–Crippen MR) is 54.1 cm³/mol. The van der Waals surface area contributed by atoms with Crippen LogP contribution in [0.4, 0.5) is 27.8 Å². The zero-order chi connectivity index (χ0) is 15.6. The molecule has 0 radical (unpaired) electrons. The van der Waals surface area contributed by atoms with Crippen molar-refractivity contribution >= 4 is 11.6 Å². The molecule has 1 rings (SSSR count). The standard InChI is InChI=1S/C9H8F5N3O3/c10-8(11,9(12,13)14)2-1-6(18)3-16-4-7(15-5-16)17(19)20/h4-5H,1-3H2. The minimum absolute atomic E-state index is 0.557. The Kier molecular flexibility index (Phi) is 4.40. The lowest BCUT2D eigenvalue weighted by molar-refractivity contribution is -0.389. The summed E-state index contributed by atoms with van der Waals surface area (Å²) in [5, 5.41) is 10.3. The molecule has 1 aromatic heterocycles. The molecule has 0 aliphatic rings. The molecule has 0 saturated carbocycles. The highest BCUT2D eigenvalue weighted by Crippen LogP contribution is 2.38. The Morgan fingerprint density at radius 3 is 2.40 bits per heavy atom. The second-order valence-electron chi connectivity index (χ2n) is 3.90. The molecule has 0 atom stereocenters. The van der Waals surface area contributed by atoms with Gasteiger partial charge in [-0.1, -0.05) is 0 Å². The van der Waals surface area contributed by atoms with Crippen LogP contribution < -0.4 is 0 Å². The largest absolute Gasteiger partial charge is 0.453 e. The summed E-state index contributed by atoms with van der Waals surface area (Å²) < 4.78 is 61.6. The Hall–Kier alpha value is -2.07. The van der Waals surface area contributed by atoms with Crippen LogP contribution in [0.2, 0.25) is 0 Å². The van der Waals surface area contributed by atoms with Crippen molar-refractivity contribution in [3.05, 3.63) is 22.6 Å². The van der Waals surface area contributed by atoms with Crippen LogP contribution in [0.25, 0.3) is 0 Å². The third-order valence-electron chi connectivity index (χ3n) is 2.30. The van der Waals surface area contributed by atoms with Gasteiger partial charge in [0.25, 0.3) is 0 Å². The second-order valence-corrected chi connectivity index (χ2v) is 3.90. The topological polar surface area (TPSA) is 78.0 Å². The van der Waals surface area contributed by atoms with Gasteiger partial charge in [0.05, 0.1) is 6.54 Å². The molecule has 1 aromatic rings. The monoisotopic (exact) mass is 301 g/mol. The van der Waals surface area contributed by atoms with Crippen LogP contribution in [0.3, 0.4) is 0 Å². The Morgan fingerprint density at radius 1 is 1.35 bits per heavy atom. The van der Waals surface area contributed by atoms with E-state index in [1.165, 1.54) is 0 Å². The van der Waals surface area contributed by atoms with Gasteiger partial charge >= 0.3 is 17.9 Å². The predicted octanol–water partition coefficient (Wildman–Crippen LogP) is 2.34. The van der Waals surface area contributed by atoms with Gasteiger partial charge in [0.1, 0.15) is 6.20 Å².